The maximum atomic E-state index is 2.38. The summed E-state index contributed by atoms with van der Waals surface area (Å²) in [7, 11) is 0. The van der Waals surface area contributed by atoms with Gasteiger partial charge >= 0.3 is 0 Å². The van der Waals surface area contributed by atoms with Crippen LogP contribution in [0, 0.1) is 17.3 Å². The number of hydrogen-bond acceptors (Lipinski definition) is 0. The highest BCUT2D eigenvalue weighted by atomic mass is 14.4. The molecule has 0 aromatic heterocycles. The molecule has 1 rings (SSSR count). The molecule has 0 spiro atoms. The van der Waals surface area contributed by atoms with Crippen molar-refractivity contribution in [3.63, 3.8) is 0 Å². The Morgan fingerprint density at radius 2 is 1.70 bits per heavy atom. The van der Waals surface area contributed by atoms with Gasteiger partial charge in [0.15, 0.2) is 0 Å². The molecule has 1 aliphatic carbocycles. The van der Waals surface area contributed by atoms with Gasteiger partial charge in [0.25, 0.3) is 0 Å². The fourth-order valence-corrected chi connectivity index (χ4v) is 1.99. The van der Waals surface area contributed by atoms with Crippen LogP contribution in [-0.4, -0.2) is 0 Å². The highest BCUT2D eigenvalue weighted by molar-refractivity contribution is 4.81. The molecule has 0 heterocycles. The normalized spacial score (nSPS) is 34.8. The van der Waals surface area contributed by atoms with E-state index in [9.17, 15) is 0 Å². The van der Waals surface area contributed by atoms with Crippen molar-refractivity contribution in [1.82, 2.24) is 0 Å². The van der Waals surface area contributed by atoms with Crippen LogP contribution in [0.1, 0.15) is 47.0 Å². The zero-order chi connectivity index (χ0) is 7.78. The summed E-state index contributed by atoms with van der Waals surface area (Å²) in [6.45, 7) is 9.49. The van der Waals surface area contributed by atoms with E-state index in [1.54, 1.807) is 0 Å². The molecule has 0 aliphatic heterocycles. The van der Waals surface area contributed by atoms with E-state index in [1.807, 2.05) is 0 Å². The van der Waals surface area contributed by atoms with Crippen molar-refractivity contribution in [3.8, 4) is 0 Å². The van der Waals surface area contributed by atoms with Crippen molar-refractivity contribution < 1.29 is 0 Å². The average molecular weight is 140 g/mol. The maximum Gasteiger partial charge on any atom is -0.0354 e. The molecule has 1 saturated carbocycles. The first-order valence-electron chi connectivity index (χ1n) is 4.50. The monoisotopic (exact) mass is 140 g/mol. The van der Waals surface area contributed by atoms with Gasteiger partial charge in [-0.1, -0.05) is 34.1 Å². The van der Waals surface area contributed by atoms with E-state index in [0.29, 0.717) is 5.41 Å². The second kappa shape index (κ2) is 2.56. The topological polar surface area (TPSA) is 0 Å². The Balaban J connectivity index is 2.45. The molecule has 0 saturated heterocycles. The Hall–Kier alpha value is 0. The third-order valence-electron chi connectivity index (χ3n) is 2.92. The van der Waals surface area contributed by atoms with Gasteiger partial charge in [0, 0.05) is 0 Å². The molecule has 60 valence electrons. The molecule has 2 unspecified atom stereocenters. The third kappa shape index (κ3) is 1.74. The van der Waals surface area contributed by atoms with Crippen LogP contribution >= 0.6 is 0 Å². The molecule has 1 fully saturated rings. The smallest absolute Gasteiger partial charge is 0.0354 e. The first kappa shape index (κ1) is 8.10. The molecule has 0 aromatic carbocycles. The summed E-state index contributed by atoms with van der Waals surface area (Å²) in [5.74, 6) is 1.98. The minimum Gasteiger partial charge on any atom is -0.0625 e. The van der Waals surface area contributed by atoms with Crippen molar-refractivity contribution in [2.45, 2.75) is 47.0 Å². The fourth-order valence-electron chi connectivity index (χ4n) is 1.99. The highest BCUT2D eigenvalue weighted by Crippen LogP contribution is 2.41. The molecule has 0 amide bonds. The fraction of sp³-hybridized carbons (Fsp3) is 1.00. The van der Waals surface area contributed by atoms with Crippen molar-refractivity contribution in [1.29, 1.82) is 0 Å². The second-order valence-electron chi connectivity index (χ2n) is 4.98. The molecule has 2 atom stereocenters. The lowest BCUT2D eigenvalue weighted by Gasteiger charge is -2.26. The van der Waals surface area contributed by atoms with Crippen LogP contribution in [0.3, 0.4) is 0 Å². The van der Waals surface area contributed by atoms with Crippen molar-refractivity contribution in [2.75, 3.05) is 0 Å². The van der Waals surface area contributed by atoms with E-state index in [-0.39, 0.29) is 0 Å². The zero-order valence-electron chi connectivity index (χ0n) is 7.78. The standard InChI is InChI=1S/C10H20/c1-8-5-6-9(7-8)10(2,3)4/h8-9H,5-7H2,1-4H3. The first-order chi connectivity index (χ1) is 4.50. The Morgan fingerprint density at radius 1 is 1.10 bits per heavy atom. The van der Waals surface area contributed by atoms with Crippen molar-refractivity contribution >= 4 is 0 Å². The number of rotatable bonds is 0. The van der Waals surface area contributed by atoms with E-state index >= 15 is 0 Å². The summed E-state index contributed by atoms with van der Waals surface area (Å²) in [4.78, 5) is 0. The molecule has 0 nitrogen and oxygen atoms in total. The first-order valence-corrected chi connectivity index (χ1v) is 4.50. The van der Waals surface area contributed by atoms with E-state index in [1.165, 1.54) is 19.3 Å². The van der Waals surface area contributed by atoms with Crippen molar-refractivity contribution in [3.05, 3.63) is 0 Å². The van der Waals surface area contributed by atoms with Gasteiger partial charge < -0.3 is 0 Å². The molecular weight excluding hydrogens is 120 g/mol. The van der Waals surface area contributed by atoms with Crippen LogP contribution in [0.15, 0.2) is 0 Å². The highest BCUT2D eigenvalue weighted by Gasteiger charge is 2.30. The van der Waals surface area contributed by atoms with E-state index < -0.39 is 0 Å². The molecule has 10 heavy (non-hydrogen) atoms. The largest absolute Gasteiger partial charge is 0.0625 e. The van der Waals surface area contributed by atoms with Crippen LogP contribution in [0.4, 0.5) is 0 Å². The average Bonchev–Trinajstić information content (AvgIpc) is 2.11. The summed E-state index contributed by atoms with van der Waals surface area (Å²) in [5.41, 5.74) is 0.560. The van der Waals surface area contributed by atoms with Gasteiger partial charge in [-0.05, 0) is 30.1 Å². The Kier molecular flexibility index (Phi) is 2.07. The van der Waals surface area contributed by atoms with E-state index in [0.717, 1.165) is 11.8 Å². The van der Waals surface area contributed by atoms with E-state index in [4.69, 9.17) is 0 Å². The Labute approximate surface area is 65.0 Å². The number of hydrogen-bond donors (Lipinski definition) is 0. The molecule has 0 bridgehead atoms. The quantitative estimate of drug-likeness (QED) is 0.483. The van der Waals surface area contributed by atoms with Crippen LogP contribution in [0.5, 0.6) is 0 Å². The second-order valence-corrected chi connectivity index (χ2v) is 4.98. The summed E-state index contributed by atoms with van der Waals surface area (Å²) < 4.78 is 0. The van der Waals surface area contributed by atoms with Crippen LogP contribution in [-0.2, 0) is 0 Å². The summed E-state index contributed by atoms with van der Waals surface area (Å²) in [5, 5.41) is 0. The minimum atomic E-state index is 0.560. The zero-order valence-corrected chi connectivity index (χ0v) is 7.78. The van der Waals surface area contributed by atoms with Crippen LogP contribution in [0.25, 0.3) is 0 Å². The van der Waals surface area contributed by atoms with Gasteiger partial charge in [0.2, 0.25) is 0 Å². The molecule has 1 aliphatic rings. The molecule has 0 radical (unpaired) electrons. The van der Waals surface area contributed by atoms with Gasteiger partial charge in [-0.15, -0.1) is 0 Å². The lowest BCUT2D eigenvalue weighted by atomic mass is 9.79. The van der Waals surface area contributed by atoms with Crippen LogP contribution in [0.2, 0.25) is 0 Å². The lowest BCUT2D eigenvalue weighted by molar-refractivity contribution is 0.240. The van der Waals surface area contributed by atoms with Crippen molar-refractivity contribution in [2.24, 2.45) is 17.3 Å². The van der Waals surface area contributed by atoms with E-state index in [2.05, 4.69) is 27.7 Å². The molecule has 0 heteroatoms. The Bertz CT molecular complexity index is 108. The Morgan fingerprint density at radius 3 is 1.90 bits per heavy atom. The third-order valence-corrected chi connectivity index (χ3v) is 2.92. The molecule has 0 N–H and O–H groups in total. The summed E-state index contributed by atoms with van der Waals surface area (Å²) in [6, 6.07) is 0. The van der Waals surface area contributed by atoms with Crippen LogP contribution < -0.4 is 0 Å². The SMILES string of the molecule is CC1CCC(C(C)(C)C)C1. The summed E-state index contributed by atoms with van der Waals surface area (Å²) >= 11 is 0. The van der Waals surface area contributed by atoms with Gasteiger partial charge in [0.05, 0.1) is 0 Å². The van der Waals surface area contributed by atoms with Gasteiger partial charge in [-0.2, -0.15) is 0 Å². The predicted molar refractivity (Wildman–Crippen MR) is 46.0 cm³/mol. The summed E-state index contributed by atoms with van der Waals surface area (Å²) in [6.07, 6.45) is 4.39. The lowest BCUT2D eigenvalue weighted by Crippen LogP contribution is -2.17. The minimum absolute atomic E-state index is 0.560. The molecular formula is C10H20. The van der Waals surface area contributed by atoms with Gasteiger partial charge in [-0.25, -0.2) is 0 Å². The predicted octanol–water partition coefficient (Wildman–Crippen LogP) is 3.47. The molecule has 0 aromatic rings. The maximum absolute atomic E-state index is 2.38. The van der Waals surface area contributed by atoms with Gasteiger partial charge in [0.1, 0.15) is 0 Å². The van der Waals surface area contributed by atoms with Gasteiger partial charge in [-0.3, -0.25) is 0 Å².